The molecule has 0 saturated carbocycles. The number of methoxy groups -OCH3 is 1. The predicted molar refractivity (Wildman–Crippen MR) is 101 cm³/mol. The second-order valence-corrected chi connectivity index (χ2v) is 7.13. The van der Waals surface area contributed by atoms with Crippen LogP contribution in [0.25, 0.3) is 0 Å². The van der Waals surface area contributed by atoms with Gasteiger partial charge >= 0.3 is 0 Å². The maximum Gasteiger partial charge on any atom is 0.290 e. The third kappa shape index (κ3) is 4.33. The topological polar surface area (TPSA) is 66.8 Å². The minimum atomic E-state index is -0.531. The van der Waals surface area contributed by atoms with E-state index in [-0.39, 0.29) is 17.3 Å². The molecule has 1 heterocycles. The molecule has 0 saturated heterocycles. The molecule has 0 fully saturated rings. The van der Waals surface area contributed by atoms with Crippen molar-refractivity contribution in [3.8, 4) is 0 Å². The minimum Gasteiger partial charge on any atom is -0.503 e. The zero-order chi connectivity index (χ0) is 19.3. The Morgan fingerprint density at radius 3 is 2.46 bits per heavy atom. The summed E-state index contributed by atoms with van der Waals surface area (Å²) in [7, 11) is 1.61. The summed E-state index contributed by atoms with van der Waals surface area (Å²) >= 11 is 0. The molecule has 1 aliphatic heterocycles. The largest absolute Gasteiger partial charge is 0.503 e. The van der Waals surface area contributed by atoms with Gasteiger partial charge in [-0.05, 0) is 29.9 Å². The SMILES string of the molecule is CCc1ccc(C2C(C(=O)CC(C)C)=C(O)C(=O)N2CCCOC)cc1. The van der Waals surface area contributed by atoms with Gasteiger partial charge in [0.1, 0.15) is 0 Å². The third-order valence-electron chi connectivity index (χ3n) is 4.65. The standard InChI is InChI=1S/C21H29NO4/c1-5-15-7-9-16(10-8-15)19-18(17(23)13-14(2)3)20(24)21(25)22(19)11-6-12-26-4/h7-10,14,19,24H,5-6,11-13H2,1-4H3. The van der Waals surface area contributed by atoms with Gasteiger partial charge in [-0.1, -0.05) is 45.0 Å². The summed E-state index contributed by atoms with van der Waals surface area (Å²) < 4.78 is 5.08. The van der Waals surface area contributed by atoms with Crippen LogP contribution in [0.5, 0.6) is 0 Å². The molecule has 1 amide bonds. The molecule has 5 heteroatoms. The number of carbonyl (C=O) groups excluding carboxylic acids is 2. The van der Waals surface area contributed by atoms with Gasteiger partial charge in [-0.25, -0.2) is 0 Å². The second kappa shape index (κ2) is 8.99. The van der Waals surface area contributed by atoms with Crippen LogP contribution in [0, 0.1) is 5.92 Å². The van der Waals surface area contributed by atoms with Crippen molar-refractivity contribution in [1.82, 2.24) is 4.90 Å². The molecule has 1 unspecified atom stereocenters. The Balaban J connectivity index is 2.40. The average molecular weight is 359 g/mol. The molecule has 26 heavy (non-hydrogen) atoms. The van der Waals surface area contributed by atoms with Gasteiger partial charge in [0.15, 0.2) is 11.5 Å². The fourth-order valence-electron chi connectivity index (χ4n) is 3.31. The highest BCUT2D eigenvalue weighted by Crippen LogP contribution is 2.38. The lowest BCUT2D eigenvalue weighted by Crippen LogP contribution is -2.32. The Hall–Kier alpha value is -2.14. The second-order valence-electron chi connectivity index (χ2n) is 7.13. The van der Waals surface area contributed by atoms with E-state index in [1.54, 1.807) is 12.0 Å². The number of hydrogen-bond donors (Lipinski definition) is 1. The van der Waals surface area contributed by atoms with E-state index in [1.165, 1.54) is 5.56 Å². The highest BCUT2D eigenvalue weighted by Gasteiger charge is 2.42. The van der Waals surface area contributed by atoms with Crippen molar-refractivity contribution in [2.45, 2.75) is 46.1 Å². The Morgan fingerprint density at radius 2 is 1.92 bits per heavy atom. The molecule has 0 spiro atoms. The molecule has 1 atom stereocenters. The summed E-state index contributed by atoms with van der Waals surface area (Å²) in [6.07, 6.45) is 1.87. The molecule has 1 N–H and O–H groups in total. The summed E-state index contributed by atoms with van der Waals surface area (Å²) in [5, 5.41) is 10.4. The summed E-state index contributed by atoms with van der Waals surface area (Å²) in [5.41, 5.74) is 2.27. The monoisotopic (exact) mass is 359 g/mol. The first kappa shape index (κ1) is 20.2. The van der Waals surface area contributed by atoms with Gasteiger partial charge in [0.05, 0.1) is 11.6 Å². The van der Waals surface area contributed by atoms with Crippen LogP contribution in [0.15, 0.2) is 35.6 Å². The molecule has 0 radical (unpaired) electrons. The number of Topliss-reactive ketones (excluding diaryl/α,β-unsaturated/α-hetero) is 1. The molecule has 0 bridgehead atoms. The highest BCUT2D eigenvalue weighted by molar-refractivity contribution is 6.09. The Kier molecular flexibility index (Phi) is 6.98. The first-order chi connectivity index (χ1) is 12.4. The molecule has 0 aromatic heterocycles. The van der Waals surface area contributed by atoms with Crippen molar-refractivity contribution >= 4 is 11.7 Å². The van der Waals surface area contributed by atoms with E-state index in [1.807, 2.05) is 38.1 Å². The fraction of sp³-hybridized carbons (Fsp3) is 0.524. The Morgan fingerprint density at radius 1 is 1.27 bits per heavy atom. The molecule has 0 aliphatic carbocycles. The number of benzene rings is 1. The molecule has 2 rings (SSSR count). The molecule has 1 aliphatic rings. The van der Waals surface area contributed by atoms with E-state index in [2.05, 4.69) is 6.92 Å². The number of ketones is 1. The lowest BCUT2D eigenvalue weighted by atomic mass is 9.91. The Labute approximate surface area is 155 Å². The van der Waals surface area contributed by atoms with E-state index in [4.69, 9.17) is 4.74 Å². The van der Waals surface area contributed by atoms with Crippen LogP contribution < -0.4 is 0 Å². The van der Waals surface area contributed by atoms with Crippen molar-refractivity contribution in [1.29, 1.82) is 0 Å². The number of ether oxygens (including phenoxy) is 1. The molecule has 142 valence electrons. The van der Waals surface area contributed by atoms with Crippen molar-refractivity contribution in [2.75, 3.05) is 20.3 Å². The summed E-state index contributed by atoms with van der Waals surface area (Å²) in [4.78, 5) is 27.0. The van der Waals surface area contributed by atoms with E-state index >= 15 is 0 Å². The summed E-state index contributed by atoms with van der Waals surface area (Å²) in [5.74, 6) is -0.886. The van der Waals surface area contributed by atoms with Crippen molar-refractivity contribution in [2.24, 2.45) is 5.92 Å². The van der Waals surface area contributed by atoms with Gasteiger partial charge < -0.3 is 14.7 Å². The zero-order valence-electron chi connectivity index (χ0n) is 16.1. The number of carbonyl (C=O) groups is 2. The van der Waals surface area contributed by atoms with Crippen LogP contribution in [0.4, 0.5) is 0 Å². The number of nitrogens with zero attached hydrogens (tertiary/aromatic N) is 1. The van der Waals surface area contributed by atoms with E-state index < -0.39 is 17.7 Å². The van der Waals surface area contributed by atoms with E-state index in [9.17, 15) is 14.7 Å². The first-order valence-electron chi connectivity index (χ1n) is 9.25. The van der Waals surface area contributed by atoms with Crippen LogP contribution in [0.3, 0.4) is 0 Å². The number of aliphatic hydroxyl groups is 1. The number of amides is 1. The van der Waals surface area contributed by atoms with Crippen molar-refractivity contribution in [3.63, 3.8) is 0 Å². The molecule has 1 aromatic rings. The van der Waals surface area contributed by atoms with Crippen LogP contribution >= 0.6 is 0 Å². The van der Waals surface area contributed by atoms with E-state index in [0.717, 1.165) is 12.0 Å². The van der Waals surface area contributed by atoms with Crippen molar-refractivity contribution in [3.05, 3.63) is 46.7 Å². The van der Waals surface area contributed by atoms with Gasteiger partial charge in [0, 0.05) is 26.7 Å². The highest BCUT2D eigenvalue weighted by atomic mass is 16.5. The quantitative estimate of drug-likeness (QED) is 0.684. The van der Waals surface area contributed by atoms with Crippen LogP contribution in [0.1, 0.15) is 50.8 Å². The summed E-state index contributed by atoms with van der Waals surface area (Å²) in [6, 6.07) is 7.37. The molecule has 1 aromatic carbocycles. The van der Waals surface area contributed by atoms with Gasteiger partial charge in [0.25, 0.3) is 5.91 Å². The van der Waals surface area contributed by atoms with E-state index in [0.29, 0.717) is 26.0 Å². The molecular formula is C21H29NO4. The lowest BCUT2D eigenvalue weighted by molar-refractivity contribution is -0.129. The van der Waals surface area contributed by atoms with Crippen LogP contribution in [0.2, 0.25) is 0 Å². The maximum atomic E-state index is 12.8. The van der Waals surface area contributed by atoms with Crippen LogP contribution in [-0.4, -0.2) is 42.0 Å². The summed E-state index contributed by atoms with van der Waals surface area (Å²) in [6.45, 7) is 6.92. The average Bonchev–Trinajstić information content (AvgIpc) is 2.86. The normalized spacial score (nSPS) is 17.5. The van der Waals surface area contributed by atoms with Crippen molar-refractivity contribution < 1.29 is 19.4 Å². The lowest BCUT2D eigenvalue weighted by Gasteiger charge is -2.27. The minimum absolute atomic E-state index is 0.156. The van der Waals surface area contributed by atoms with Gasteiger partial charge in [-0.3, -0.25) is 9.59 Å². The molecular weight excluding hydrogens is 330 g/mol. The predicted octanol–water partition coefficient (Wildman–Crippen LogP) is 3.60. The third-order valence-corrected chi connectivity index (χ3v) is 4.65. The first-order valence-corrected chi connectivity index (χ1v) is 9.25. The number of hydrogen-bond acceptors (Lipinski definition) is 4. The number of rotatable bonds is 9. The molecule has 5 nitrogen and oxygen atoms in total. The Bertz CT molecular complexity index is 676. The maximum absolute atomic E-state index is 12.8. The smallest absolute Gasteiger partial charge is 0.290 e. The number of aryl methyl sites for hydroxylation is 1. The van der Waals surface area contributed by atoms with Gasteiger partial charge in [-0.2, -0.15) is 0 Å². The van der Waals surface area contributed by atoms with Gasteiger partial charge in [0.2, 0.25) is 0 Å². The van der Waals surface area contributed by atoms with Crippen LogP contribution in [-0.2, 0) is 20.7 Å². The number of aliphatic hydroxyl groups excluding tert-OH is 1. The fourth-order valence-corrected chi connectivity index (χ4v) is 3.31. The van der Waals surface area contributed by atoms with Gasteiger partial charge in [-0.15, -0.1) is 0 Å². The zero-order valence-corrected chi connectivity index (χ0v) is 16.1.